The highest BCUT2D eigenvalue weighted by Crippen LogP contribution is 2.31. The van der Waals surface area contributed by atoms with Gasteiger partial charge >= 0.3 is 6.18 Å². The zero-order chi connectivity index (χ0) is 14.2. The number of rotatable bonds is 3. The molecule has 0 radical (unpaired) electrons. The minimum Gasteiger partial charge on any atom is -0.327 e. The highest BCUT2D eigenvalue weighted by atomic mass is 79.9. The van der Waals surface area contributed by atoms with Gasteiger partial charge in [-0.25, -0.2) is 4.39 Å². The first-order valence-corrected chi connectivity index (χ1v) is 6.40. The van der Waals surface area contributed by atoms with E-state index < -0.39 is 24.4 Å². The van der Waals surface area contributed by atoms with E-state index in [1.165, 1.54) is 12.1 Å². The van der Waals surface area contributed by atoms with Gasteiger partial charge in [-0.2, -0.15) is 13.2 Å². The first-order valence-electron chi connectivity index (χ1n) is 5.61. The van der Waals surface area contributed by atoms with Crippen molar-refractivity contribution in [1.29, 1.82) is 0 Å². The highest BCUT2D eigenvalue weighted by Gasteiger charge is 2.40. The van der Waals surface area contributed by atoms with Gasteiger partial charge in [-0.3, -0.25) is 4.79 Å². The van der Waals surface area contributed by atoms with E-state index in [4.69, 9.17) is 0 Å². The van der Waals surface area contributed by atoms with E-state index in [0.717, 1.165) is 11.0 Å². The van der Waals surface area contributed by atoms with Gasteiger partial charge in [-0.15, -0.1) is 0 Å². The third-order valence-corrected chi connectivity index (χ3v) is 3.41. The number of alkyl halides is 3. The molecule has 1 aromatic carbocycles. The molecule has 2 nitrogen and oxygen atoms in total. The summed E-state index contributed by atoms with van der Waals surface area (Å²) in [6.07, 6.45) is -3.34. The van der Waals surface area contributed by atoms with Crippen LogP contribution in [0.15, 0.2) is 22.7 Å². The van der Waals surface area contributed by atoms with E-state index in [1.807, 2.05) is 0 Å². The maximum absolute atomic E-state index is 13.3. The topological polar surface area (TPSA) is 20.3 Å². The van der Waals surface area contributed by atoms with Crippen LogP contribution in [-0.2, 0) is 0 Å². The van der Waals surface area contributed by atoms with Crippen molar-refractivity contribution in [2.24, 2.45) is 0 Å². The predicted molar refractivity (Wildman–Crippen MR) is 64.2 cm³/mol. The van der Waals surface area contributed by atoms with Crippen LogP contribution in [0.5, 0.6) is 0 Å². The van der Waals surface area contributed by atoms with Crippen LogP contribution in [0.2, 0.25) is 0 Å². The van der Waals surface area contributed by atoms with Crippen molar-refractivity contribution in [1.82, 2.24) is 4.90 Å². The number of hydrogen-bond acceptors (Lipinski definition) is 1. The highest BCUT2D eigenvalue weighted by molar-refractivity contribution is 9.10. The molecule has 0 N–H and O–H groups in total. The summed E-state index contributed by atoms with van der Waals surface area (Å²) < 4.78 is 50.8. The number of nitrogens with zero attached hydrogens (tertiary/aromatic N) is 1. The molecule has 1 aliphatic rings. The molecule has 0 aliphatic heterocycles. The maximum Gasteiger partial charge on any atom is 0.406 e. The SMILES string of the molecule is O=C(c1ccc(Br)c(F)c1)N(CC(F)(F)F)C1CC1. The Morgan fingerprint density at radius 1 is 1.37 bits per heavy atom. The first kappa shape index (κ1) is 14.3. The number of amides is 1. The van der Waals surface area contributed by atoms with Gasteiger partial charge in [-0.05, 0) is 47.0 Å². The maximum atomic E-state index is 13.3. The zero-order valence-corrected chi connectivity index (χ0v) is 11.3. The van der Waals surface area contributed by atoms with Crippen molar-refractivity contribution < 1.29 is 22.4 Å². The Bertz CT molecular complexity index is 499. The summed E-state index contributed by atoms with van der Waals surface area (Å²) in [5, 5.41) is 0. The molecule has 0 saturated heterocycles. The summed E-state index contributed by atoms with van der Waals surface area (Å²) >= 11 is 2.93. The lowest BCUT2D eigenvalue weighted by molar-refractivity contribution is -0.141. The lowest BCUT2D eigenvalue weighted by atomic mass is 10.2. The summed E-state index contributed by atoms with van der Waals surface area (Å²) in [6, 6.07) is 3.17. The average Bonchev–Trinajstić information content (AvgIpc) is 3.11. The van der Waals surface area contributed by atoms with Crippen LogP contribution in [0.1, 0.15) is 23.2 Å². The summed E-state index contributed by atoms with van der Waals surface area (Å²) in [7, 11) is 0. The van der Waals surface area contributed by atoms with Gasteiger partial charge < -0.3 is 4.90 Å². The molecule has 1 fully saturated rings. The van der Waals surface area contributed by atoms with Gasteiger partial charge in [0.25, 0.3) is 5.91 Å². The number of benzene rings is 1. The number of halogens is 5. The van der Waals surface area contributed by atoms with Crippen LogP contribution in [-0.4, -0.2) is 29.6 Å². The van der Waals surface area contributed by atoms with Crippen molar-refractivity contribution in [2.75, 3.05) is 6.54 Å². The number of carbonyl (C=O) groups excluding carboxylic acids is 1. The van der Waals surface area contributed by atoms with E-state index >= 15 is 0 Å². The Labute approximate surface area is 115 Å². The Kier molecular flexibility index (Phi) is 3.85. The van der Waals surface area contributed by atoms with E-state index in [2.05, 4.69) is 15.9 Å². The van der Waals surface area contributed by atoms with Crippen LogP contribution in [0.25, 0.3) is 0 Å². The van der Waals surface area contributed by atoms with Gasteiger partial charge in [-0.1, -0.05) is 0 Å². The third kappa shape index (κ3) is 3.68. The van der Waals surface area contributed by atoms with Crippen LogP contribution < -0.4 is 0 Å². The van der Waals surface area contributed by atoms with E-state index in [1.54, 1.807) is 0 Å². The van der Waals surface area contributed by atoms with Gasteiger partial charge in [0.15, 0.2) is 0 Å². The molecular formula is C12H10BrF4NO. The second-order valence-electron chi connectivity index (χ2n) is 4.41. The first-order chi connectivity index (χ1) is 8.78. The normalized spacial score (nSPS) is 15.4. The average molecular weight is 340 g/mol. The zero-order valence-electron chi connectivity index (χ0n) is 9.68. The Hall–Kier alpha value is -1.11. The lowest BCUT2D eigenvalue weighted by Gasteiger charge is -2.23. The molecule has 1 amide bonds. The Morgan fingerprint density at radius 2 is 2.00 bits per heavy atom. The van der Waals surface area contributed by atoms with Crippen LogP contribution in [0, 0.1) is 5.82 Å². The molecule has 0 atom stereocenters. The van der Waals surface area contributed by atoms with E-state index in [9.17, 15) is 22.4 Å². The largest absolute Gasteiger partial charge is 0.406 e. The summed E-state index contributed by atoms with van der Waals surface area (Å²) in [5.74, 6) is -1.46. The van der Waals surface area contributed by atoms with E-state index in [-0.39, 0.29) is 16.1 Å². The standard InChI is InChI=1S/C12H10BrF4NO/c13-9-4-1-7(5-10(9)14)11(19)18(8-2-3-8)6-12(15,16)17/h1,4-5,8H,2-3,6H2. The van der Waals surface area contributed by atoms with E-state index in [0.29, 0.717) is 12.8 Å². The molecule has 104 valence electrons. The molecule has 0 aromatic heterocycles. The van der Waals surface area contributed by atoms with Crippen molar-refractivity contribution in [2.45, 2.75) is 25.1 Å². The minimum absolute atomic E-state index is 0.0724. The van der Waals surface area contributed by atoms with Crippen LogP contribution >= 0.6 is 15.9 Å². The van der Waals surface area contributed by atoms with Crippen LogP contribution in [0.4, 0.5) is 17.6 Å². The molecule has 0 unspecified atom stereocenters. The molecule has 0 heterocycles. The Balaban J connectivity index is 2.21. The fourth-order valence-electron chi connectivity index (χ4n) is 1.74. The second kappa shape index (κ2) is 5.11. The molecule has 2 rings (SSSR count). The van der Waals surface area contributed by atoms with Crippen molar-refractivity contribution >= 4 is 21.8 Å². The molecular weight excluding hydrogens is 330 g/mol. The molecule has 7 heteroatoms. The molecule has 0 bridgehead atoms. The minimum atomic E-state index is -4.45. The fraction of sp³-hybridized carbons (Fsp3) is 0.417. The number of carbonyl (C=O) groups is 1. The van der Waals surface area contributed by atoms with Gasteiger partial charge in [0.2, 0.25) is 0 Å². The lowest BCUT2D eigenvalue weighted by Crippen LogP contribution is -2.40. The van der Waals surface area contributed by atoms with Gasteiger partial charge in [0, 0.05) is 11.6 Å². The summed E-state index contributed by atoms with van der Waals surface area (Å²) in [6.45, 7) is -1.30. The van der Waals surface area contributed by atoms with Gasteiger partial charge in [0.1, 0.15) is 12.4 Å². The summed E-state index contributed by atoms with van der Waals surface area (Å²) in [5.41, 5.74) is -0.0724. The number of hydrogen-bond donors (Lipinski definition) is 0. The fourth-order valence-corrected chi connectivity index (χ4v) is 1.99. The quantitative estimate of drug-likeness (QED) is 0.768. The molecule has 1 aromatic rings. The molecule has 1 saturated carbocycles. The molecule has 1 aliphatic carbocycles. The Morgan fingerprint density at radius 3 is 2.47 bits per heavy atom. The molecule has 19 heavy (non-hydrogen) atoms. The predicted octanol–water partition coefficient (Wildman–Crippen LogP) is 3.76. The van der Waals surface area contributed by atoms with Crippen LogP contribution in [0.3, 0.4) is 0 Å². The third-order valence-electron chi connectivity index (χ3n) is 2.76. The monoisotopic (exact) mass is 339 g/mol. The van der Waals surface area contributed by atoms with Gasteiger partial charge in [0.05, 0.1) is 4.47 Å². The van der Waals surface area contributed by atoms with Crippen molar-refractivity contribution in [3.63, 3.8) is 0 Å². The second-order valence-corrected chi connectivity index (χ2v) is 5.26. The molecule has 0 spiro atoms. The van der Waals surface area contributed by atoms with Crippen molar-refractivity contribution in [3.05, 3.63) is 34.1 Å². The van der Waals surface area contributed by atoms with Crippen molar-refractivity contribution in [3.8, 4) is 0 Å². The summed E-state index contributed by atoms with van der Waals surface area (Å²) in [4.78, 5) is 12.8. The smallest absolute Gasteiger partial charge is 0.327 e.